The van der Waals surface area contributed by atoms with Crippen LogP contribution in [0.15, 0.2) is 0 Å². The molecule has 80 valence electrons. The maximum absolute atomic E-state index is 8.85. The summed E-state index contributed by atoms with van der Waals surface area (Å²) in [5.41, 5.74) is 0. The van der Waals surface area contributed by atoms with Gasteiger partial charge in [-0.3, -0.25) is 0 Å². The first-order chi connectivity index (χ1) is 6.20. The summed E-state index contributed by atoms with van der Waals surface area (Å²) in [4.78, 5) is 0. The van der Waals surface area contributed by atoms with Crippen molar-refractivity contribution in [2.45, 2.75) is 44.9 Å². The maximum Gasteiger partial charge on any atom is 0.0446 e. The highest BCUT2D eigenvalue weighted by Gasteiger charge is 2.07. The monoisotopic (exact) mass is 205 g/mol. The molecule has 0 saturated heterocycles. The summed E-state index contributed by atoms with van der Waals surface area (Å²) in [6.45, 7) is 7.93. The SMILES string of the molecule is CCCNC(CCO)CSC(C)C. The molecule has 0 spiro atoms. The lowest BCUT2D eigenvalue weighted by Crippen LogP contribution is -2.33. The topological polar surface area (TPSA) is 32.3 Å². The van der Waals surface area contributed by atoms with E-state index in [0.29, 0.717) is 17.9 Å². The van der Waals surface area contributed by atoms with Crippen LogP contribution in [0.1, 0.15) is 33.6 Å². The third-order valence-corrected chi connectivity index (χ3v) is 3.05. The summed E-state index contributed by atoms with van der Waals surface area (Å²) < 4.78 is 0. The summed E-state index contributed by atoms with van der Waals surface area (Å²) in [7, 11) is 0. The highest BCUT2D eigenvalue weighted by molar-refractivity contribution is 7.99. The Morgan fingerprint density at radius 3 is 2.54 bits per heavy atom. The third kappa shape index (κ3) is 8.60. The largest absolute Gasteiger partial charge is 0.396 e. The van der Waals surface area contributed by atoms with Crippen LogP contribution in [0.5, 0.6) is 0 Å². The van der Waals surface area contributed by atoms with Crippen LogP contribution in [-0.2, 0) is 0 Å². The second-order valence-corrected chi connectivity index (χ2v) is 5.15. The van der Waals surface area contributed by atoms with Crippen molar-refractivity contribution < 1.29 is 5.11 Å². The lowest BCUT2D eigenvalue weighted by atomic mass is 10.2. The van der Waals surface area contributed by atoms with Gasteiger partial charge in [0.1, 0.15) is 0 Å². The first kappa shape index (κ1) is 13.3. The smallest absolute Gasteiger partial charge is 0.0446 e. The van der Waals surface area contributed by atoms with Crippen molar-refractivity contribution in [2.24, 2.45) is 0 Å². The number of aliphatic hydroxyl groups excluding tert-OH is 1. The lowest BCUT2D eigenvalue weighted by molar-refractivity contribution is 0.270. The Balaban J connectivity index is 3.53. The molecule has 0 aromatic carbocycles. The summed E-state index contributed by atoms with van der Waals surface area (Å²) in [6, 6.07) is 0.484. The van der Waals surface area contributed by atoms with Crippen molar-refractivity contribution in [3.8, 4) is 0 Å². The van der Waals surface area contributed by atoms with E-state index in [2.05, 4.69) is 26.1 Å². The molecule has 1 unspecified atom stereocenters. The average molecular weight is 205 g/mol. The van der Waals surface area contributed by atoms with Crippen LogP contribution in [-0.4, -0.2) is 35.3 Å². The van der Waals surface area contributed by atoms with Crippen LogP contribution < -0.4 is 5.32 Å². The molecule has 3 heteroatoms. The van der Waals surface area contributed by atoms with Crippen molar-refractivity contribution in [1.29, 1.82) is 0 Å². The summed E-state index contributed by atoms with van der Waals surface area (Å²) in [6.07, 6.45) is 2.04. The molecule has 0 rings (SSSR count). The molecule has 2 N–H and O–H groups in total. The van der Waals surface area contributed by atoms with Gasteiger partial charge in [-0.15, -0.1) is 0 Å². The van der Waals surface area contributed by atoms with Crippen molar-refractivity contribution in [2.75, 3.05) is 18.9 Å². The highest BCUT2D eigenvalue weighted by Crippen LogP contribution is 2.11. The Morgan fingerprint density at radius 1 is 1.38 bits per heavy atom. The van der Waals surface area contributed by atoms with Crippen LogP contribution in [0.25, 0.3) is 0 Å². The van der Waals surface area contributed by atoms with Crippen LogP contribution >= 0.6 is 11.8 Å². The Labute approximate surface area is 86.5 Å². The zero-order valence-corrected chi connectivity index (χ0v) is 9.86. The van der Waals surface area contributed by atoms with Gasteiger partial charge < -0.3 is 10.4 Å². The van der Waals surface area contributed by atoms with Gasteiger partial charge in [-0.25, -0.2) is 0 Å². The minimum atomic E-state index is 0.292. The normalized spacial score (nSPS) is 13.6. The van der Waals surface area contributed by atoms with Gasteiger partial charge in [-0.05, 0) is 24.6 Å². The Morgan fingerprint density at radius 2 is 2.08 bits per heavy atom. The fourth-order valence-electron chi connectivity index (χ4n) is 1.06. The fraction of sp³-hybridized carbons (Fsp3) is 1.00. The first-order valence-electron chi connectivity index (χ1n) is 5.16. The number of hydrogen-bond acceptors (Lipinski definition) is 3. The Kier molecular flexibility index (Phi) is 9.03. The van der Waals surface area contributed by atoms with Gasteiger partial charge in [0.25, 0.3) is 0 Å². The van der Waals surface area contributed by atoms with E-state index in [1.54, 1.807) is 0 Å². The van der Waals surface area contributed by atoms with Crippen molar-refractivity contribution >= 4 is 11.8 Å². The fourth-order valence-corrected chi connectivity index (χ4v) is 1.96. The van der Waals surface area contributed by atoms with Crippen LogP contribution in [0.3, 0.4) is 0 Å². The van der Waals surface area contributed by atoms with Gasteiger partial charge in [-0.2, -0.15) is 11.8 Å². The number of nitrogens with one attached hydrogen (secondary N) is 1. The molecule has 0 aromatic heterocycles. The number of aliphatic hydroxyl groups is 1. The van der Waals surface area contributed by atoms with Crippen LogP contribution in [0, 0.1) is 0 Å². The van der Waals surface area contributed by atoms with E-state index < -0.39 is 0 Å². The van der Waals surface area contributed by atoms with Gasteiger partial charge in [0.15, 0.2) is 0 Å². The molecule has 0 heterocycles. The van der Waals surface area contributed by atoms with E-state index in [0.717, 1.165) is 25.1 Å². The average Bonchev–Trinajstić information content (AvgIpc) is 2.09. The lowest BCUT2D eigenvalue weighted by Gasteiger charge is -2.18. The molecule has 0 amide bonds. The Hall–Kier alpha value is 0.270. The standard InChI is InChI=1S/C10H23NOS/c1-4-6-11-10(5-7-12)8-13-9(2)3/h9-12H,4-8H2,1-3H3. The Bertz CT molecular complexity index is 109. The first-order valence-corrected chi connectivity index (χ1v) is 6.21. The van der Waals surface area contributed by atoms with E-state index in [4.69, 9.17) is 5.11 Å². The van der Waals surface area contributed by atoms with E-state index >= 15 is 0 Å². The second-order valence-electron chi connectivity index (χ2n) is 3.55. The highest BCUT2D eigenvalue weighted by atomic mass is 32.2. The molecule has 0 radical (unpaired) electrons. The van der Waals surface area contributed by atoms with Gasteiger partial charge in [-0.1, -0.05) is 20.8 Å². The minimum Gasteiger partial charge on any atom is -0.396 e. The molecule has 0 aliphatic carbocycles. The van der Waals surface area contributed by atoms with E-state index in [9.17, 15) is 0 Å². The molecular weight excluding hydrogens is 182 g/mol. The van der Waals surface area contributed by atoms with E-state index in [1.165, 1.54) is 0 Å². The molecule has 0 aliphatic heterocycles. The zero-order chi connectivity index (χ0) is 10.1. The van der Waals surface area contributed by atoms with Crippen molar-refractivity contribution in [3.63, 3.8) is 0 Å². The summed E-state index contributed by atoms with van der Waals surface area (Å²) in [5.74, 6) is 1.11. The van der Waals surface area contributed by atoms with Crippen molar-refractivity contribution in [1.82, 2.24) is 5.32 Å². The minimum absolute atomic E-state index is 0.292. The predicted molar refractivity (Wildman–Crippen MR) is 61.4 cm³/mol. The second kappa shape index (κ2) is 8.85. The zero-order valence-electron chi connectivity index (χ0n) is 9.05. The molecule has 0 aliphatic rings. The number of rotatable bonds is 8. The maximum atomic E-state index is 8.85. The molecular formula is C10H23NOS. The number of hydrogen-bond donors (Lipinski definition) is 2. The van der Waals surface area contributed by atoms with Gasteiger partial charge in [0, 0.05) is 18.4 Å². The van der Waals surface area contributed by atoms with Crippen LogP contribution in [0.4, 0.5) is 0 Å². The summed E-state index contributed by atoms with van der Waals surface area (Å²) in [5, 5.41) is 13.0. The predicted octanol–water partition coefficient (Wildman–Crippen LogP) is 1.88. The molecule has 1 atom stereocenters. The molecule has 0 fully saturated rings. The quantitative estimate of drug-likeness (QED) is 0.634. The van der Waals surface area contributed by atoms with Gasteiger partial charge in [0.2, 0.25) is 0 Å². The van der Waals surface area contributed by atoms with Gasteiger partial charge >= 0.3 is 0 Å². The molecule has 2 nitrogen and oxygen atoms in total. The molecule has 0 aromatic rings. The molecule has 0 bridgehead atoms. The number of thioether (sulfide) groups is 1. The summed E-state index contributed by atoms with van der Waals surface area (Å²) >= 11 is 1.96. The third-order valence-electron chi connectivity index (χ3n) is 1.79. The van der Waals surface area contributed by atoms with Crippen molar-refractivity contribution in [3.05, 3.63) is 0 Å². The van der Waals surface area contributed by atoms with Crippen LogP contribution in [0.2, 0.25) is 0 Å². The van der Waals surface area contributed by atoms with Gasteiger partial charge in [0.05, 0.1) is 0 Å². The molecule has 13 heavy (non-hydrogen) atoms. The van der Waals surface area contributed by atoms with E-state index in [1.807, 2.05) is 11.8 Å². The molecule has 0 saturated carbocycles. The van der Waals surface area contributed by atoms with E-state index in [-0.39, 0.29) is 0 Å².